The van der Waals surface area contributed by atoms with E-state index in [1.807, 2.05) is 11.8 Å². The van der Waals surface area contributed by atoms with Gasteiger partial charge in [0, 0.05) is 19.1 Å². The summed E-state index contributed by atoms with van der Waals surface area (Å²) in [7, 11) is 0. The van der Waals surface area contributed by atoms with Crippen LogP contribution in [0.5, 0.6) is 0 Å². The van der Waals surface area contributed by atoms with Crippen LogP contribution in [0.25, 0.3) is 0 Å². The number of nitrogens with two attached hydrogens (primary N) is 1. The zero-order valence-corrected chi connectivity index (χ0v) is 7.53. The SMILES string of the molecule is CSC(C)N1CC[C@H](N)C1. The van der Waals surface area contributed by atoms with Crippen LogP contribution in [-0.4, -0.2) is 35.7 Å². The van der Waals surface area contributed by atoms with E-state index in [0.717, 1.165) is 6.54 Å². The minimum absolute atomic E-state index is 0.426. The van der Waals surface area contributed by atoms with E-state index >= 15 is 0 Å². The fraction of sp³-hybridized carbons (Fsp3) is 1.00. The van der Waals surface area contributed by atoms with E-state index in [1.165, 1.54) is 13.0 Å². The third-order valence-electron chi connectivity index (χ3n) is 2.11. The molecule has 1 saturated heterocycles. The van der Waals surface area contributed by atoms with Crippen molar-refractivity contribution in [2.75, 3.05) is 19.3 Å². The topological polar surface area (TPSA) is 29.3 Å². The molecule has 1 fully saturated rings. The molecular weight excluding hydrogens is 144 g/mol. The summed E-state index contributed by atoms with van der Waals surface area (Å²) in [5.41, 5.74) is 5.77. The number of likely N-dealkylation sites (tertiary alicyclic amines) is 1. The van der Waals surface area contributed by atoms with Crippen molar-refractivity contribution in [1.82, 2.24) is 4.90 Å². The lowest BCUT2D eigenvalue weighted by atomic mass is 10.3. The minimum Gasteiger partial charge on any atom is -0.326 e. The lowest BCUT2D eigenvalue weighted by molar-refractivity contribution is 0.328. The highest BCUT2D eigenvalue weighted by Gasteiger charge is 2.22. The third-order valence-corrected chi connectivity index (χ3v) is 3.09. The summed E-state index contributed by atoms with van der Waals surface area (Å²) < 4.78 is 0. The van der Waals surface area contributed by atoms with E-state index in [4.69, 9.17) is 5.73 Å². The Bertz CT molecular complexity index is 108. The first kappa shape index (κ1) is 8.37. The van der Waals surface area contributed by atoms with Gasteiger partial charge in [0.1, 0.15) is 0 Å². The number of nitrogens with zero attached hydrogens (tertiary/aromatic N) is 1. The largest absolute Gasteiger partial charge is 0.326 e. The Morgan fingerprint density at radius 2 is 2.40 bits per heavy atom. The van der Waals surface area contributed by atoms with Gasteiger partial charge in [0.15, 0.2) is 0 Å². The standard InChI is InChI=1S/C7H16N2S/c1-6(10-2)9-4-3-7(8)5-9/h6-7H,3-5,8H2,1-2H3/t6?,7-/m0/s1. The molecule has 1 heterocycles. The number of rotatable bonds is 2. The fourth-order valence-corrected chi connectivity index (χ4v) is 1.78. The van der Waals surface area contributed by atoms with Crippen molar-refractivity contribution < 1.29 is 0 Å². The molecule has 2 N–H and O–H groups in total. The van der Waals surface area contributed by atoms with Gasteiger partial charge in [-0.05, 0) is 19.6 Å². The van der Waals surface area contributed by atoms with Gasteiger partial charge in [-0.15, -0.1) is 11.8 Å². The number of hydrogen-bond donors (Lipinski definition) is 1. The first-order valence-electron chi connectivity index (χ1n) is 3.76. The molecule has 1 aliphatic heterocycles. The molecule has 1 rings (SSSR count). The van der Waals surface area contributed by atoms with Crippen LogP contribution in [0.1, 0.15) is 13.3 Å². The predicted octanol–water partition coefficient (Wildman–Crippen LogP) is 0.728. The van der Waals surface area contributed by atoms with Crippen LogP contribution in [0.3, 0.4) is 0 Å². The molecule has 2 atom stereocenters. The normalized spacial score (nSPS) is 30.9. The summed E-state index contributed by atoms with van der Waals surface area (Å²) in [6.45, 7) is 4.51. The minimum atomic E-state index is 0.426. The average molecular weight is 160 g/mol. The zero-order valence-electron chi connectivity index (χ0n) is 6.71. The molecule has 1 unspecified atom stereocenters. The highest BCUT2D eigenvalue weighted by atomic mass is 32.2. The van der Waals surface area contributed by atoms with Gasteiger partial charge >= 0.3 is 0 Å². The lowest BCUT2D eigenvalue weighted by Gasteiger charge is -2.21. The molecule has 0 bridgehead atoms. The van der Waals surface area contributed by atoms with Crippen LogP contribution in [0.15, 0.2) is 0 Å². The van der Waals surface area contributed by atoms with Gasteiger partial charge in [-0.1, -0.05) is 0 Å². The van der Waals surface area contributed by atoms with E-state index in [2.05, 4.69) is 18.1 Å². The van der Waals surface area contributed by atoms with Gasteiger partial charge in [-0.3, -0.25) is 4.90 Å². The Morgan fingerprint density at radius 3 is 2.80 bits per heavy atom. The smallest absolute Gasteiger partial charge is 0.0526 e. The molecule has 0 aromatic carbocycles. The van der Waals surface area contributed by atoms with Gasteiger partial charge in [-0.2, -0.15) is 0 Å². The van der Waals surface area contributed by atoms with Crippen LogP contribution in [0, 0.1) is 0 Å². The Morgan fingerprint density at radius 1 is 1.70 bits per heavy atom. The van der Waals surface area contributed by atoms with Crippen LogP contribution in [0.2, 0.25) is 0 Å². The predicted molar refractivity (Wildman–Crippen MR) is 47.1 cm³/mol. The Balaban J connectivity index is 2.29. The highest BCUT2D eigenvalue weighted by molar-refractivity contribution is 7.99. The van der Waals surface area contributed by atoms with Crippen molar-refractivity contribution in [2.45, 2.75) is 24.8 Å². The Labute approximate surface area is 67.1 Å². The summed E-state index contributed by atoms with van der Waals surface area (Å²) in [6, 6.07) is 0.426. The van der Waals surface area contributed by atoms with Crippen molar-refractivity contribution in [2.24, 2.45) is 5.73 Å². The molecule has 10 heavy (non-hydrogen) atoms. The fourth-order valence-electron chi connectivity index (χ4n) is 1.29. The maximum absolute atomic E-state index is 5.77. The molecule has 0 aliphatic carbocycles. The van der Waals surface area contributed by atoms with Crippen LogP contribution >= 0.6 is 11.8 Å². The van der Waals surface area contributed by atoms with Crippen LogP contribution in [0.4, 0.5) is 0 Å². The van der Waals surface area contributed by atoms with Gasteiger partial charge in [0.2, 0.25) is 0 Å². The quantitative estimate of drug-likeness (QED) is 0.645. The lowest BCUT2D eigenvalue weighted by Crippen LogP contribution is -2.31. The maximum atomic E-state index is 5.77. The van der Waals surface area contributed by atoms with E-state index in [1.54, 1.807) is 0 Å². The van der Waals surface area contributed by atoms with Gasteiger partial charge in [-0.25, -0.2) is 0 Å². The summed E-state index contributed by atoms with van der Waals surface area (Å²) in [6.07, 6.45) is 3.32. The van der Waals surface area contributed by atoms with Crippen molar-refractivity contribution >= 4 is 11.8 Å². The Kier molecular flexibility index (Phi) is 3.01. The molecular formula is C7H16N2S. The summed E-state index contributed by atoms with van der Waals surface area (Å²) in [5, 5.41) is 0.647. The molecule has 0 aromatic rings. The first-order valence-corrected chi connectivity index (χ1v) is 5.05. The molecule has 0 aromatic heterocycles. The first-order chi connectivity index (χ1) is 4.74. The molecule has 1 aliphatic rings. The average Bonchev–Trinajstić information content (AvgIpc) is 2.34. The summed E-state index contributed by atoms with van der Waals surface area (Å²) >= 11 is 1.89. The molecule has 0 amide bonds. The molecule has 0 saturated carbocycles. The van der Waals surface area contributed by atoms with Gasteiger partial charge < -0.3 is 5.73 Å². The molecule has 0 spiro atoms. The van der Waals surface area contributed by atoms with E-state index in [-0.39, 0.29) is 0 Å². The zero-order chi connectivity index (χ0) is 7.56. The second-order valence-corrected chi connectivity index (χ2v) is 4.03. The Hall–Kier alpha value is 0.270. The van der Waals surface area contributed by atoms with Gasteiger partial charge in [0.05, 0.1) is 5.37 Å². The van der Waals surface area contributed by atoms with E-state index in [0.29, 0.717) is 11.4 Å². The monoisotopic (exact) mass is 160 g/mol. The number of thioether (sulfide) groups is 1. The third kappa shape index (κ3) is 1.87. The van der Waals surface area contributed by atoms with Crippen LogP contribution in [-0.2, 0) is 0 Å². The highest BCUT2D eigenvalue weighted by Crippen LogP contribution is 2.17. The summed E-state index contributed by atoms with van der Waals surface area (Å²) in [4.78, 5) is 2.44. The second-order valence-electron chi connectivity index (χ2n) is 2.88. The number of hydrogen-bond acceptors (Lipinski definition) is 3. The van der Waals surface area contributed by atoms with Crippen LogP contribution < -0.4 is 5.73 Å². The van der Waals surface area contributed by atoms with Crippen molar-refractivity contribution in [1.29, 1.82) is 0 Å². The van der Waals surface area contributed by atoms with E-state index < -0.39 is 0 Å². The molecule has 2 nitrogen and oxygen atoms in total. The van der Waals surface area contributed by atoms with Crippen molar-refractivity contribution in [3.05, 3.63) is 0 Å². The van der Waals surface area contributed by atoms with Crippen molar-refractivity contribution in [3.8, 4) is 0 Å². The molecule has 0 radical (unpaired) electrons. The van der Waals surface area contributed by atoms with Gasteiger partial charge in [0.25, 0.3) is 0 Å². The second kappa shape index (κ2) is 3.60. The molecule has 60 valence electrons. The summed E-state index contributed by atoms with van der Waals surface area (Å²) in [5.74, 6) is 0. The maximum Gasteiger partial charge on any atom is 0.0526 e. The van der Waals surface area contributed by atoms with E-state index in [9.17, 15) is 0 Å². The van der Waals surface area contributed by atoms with Crippen molar-refractivity contribution in [3.63, 3.8) is 0 Å². The molecule has 3 heteroatoms.